The zero-order valence-corrected chi connectivity index (χ0v) is 13.9. The molecule has 0 aromatic heterocycles. The Labute approximate surface area is 134 Å². The largest absolute Gasteiger partial charge is 0.496 e. The van der Waals surface area contributed by atoms with Gasteiger partial charge in [-0.2, -0.15) is 0 Å². The number of hydrogen-bond acceptors (Lipinski definition) is 3. The fraction of sp³-hybridized carbons (Fsp3) is 0.600. The molecular formula is C15H26Cl2N2O. The summed E-state index contributed by atoms with van der Waals surface area (Å²) in [4.78, 5) is 2.56. The van der Waals surface area contributed by atoms with Crippen LogP contribution in [0.1, 0.15) is 25.3 Å². The normalized spacial score (nSPS) is 18.2. The van der Waals surface area contributed by atoms with Gasteiger partial charge in [0.25, 0.3) is 0 Å². The molecule has 2 rings (SSSR count). The molecule has 1 N–H and O–H groups in total. The molecule has 116 valence electrons. The summed E-state index contributed by atoms with van der Waals surface area (Å²) in [6.45, 7) is 6.64. The Hall–Kier alpha value is -0.480. The molecule has 0 saturated carbocycles. The third-order valence-corrected chi connectivity index (χ3v) is 3.79. The van der Waals surface area contributed by atoms with Crippen molar-refractivity contribution in [3.8, 4) is 5.75 Å². The number of methoxy groups -OCH3 is 1. The number of halogens is 2. The van der Waals surface area contributed by atoms with E-state index in [1.54, 1.807) is 7.11 Å². The van der Waals surface area contributed by atoms with E-state index in [9.17, 15) is 0 Å². The van der Waals surface area contributed by atoms with Crippen molar-refractivity contribution in [3.05, 3.63) is 29.8 Å². The molecule has 1 aromatic rings. The summed E-state index contributed by atoms with van der Waals surface area (Å²) in [6.07, 6.45) is 2.67. The molecule has 1 aromatic carbocycles. The Morgan fingerprint density at radius 2 is 2.05 bits per heavy atom. The van der Waals surface area contributed by atoms with Crippen LogP contribution in [0.25, 0.3) is 0 Å². The standard InChI is InChI=1S/C15H24N2O.2ClH/c1-3-17-10-6-8-14(17)12-16-11-13-7-4-5-9-15(13)18-2;;/h4-5,7,9,14,16H,3,6,8,10-12H2,1-2H3;2*1H. The van der Waals surface area contributed by atoms with Crippen LogP contribution in [-0.2, 0) is 6.54 Å². The lowest BCUT2D eigenvalue weighted by molar-refractivity contribution is 0.259. The molecule has 1 atom stereocenters. The molecule has 20 heavy (non-hydrogen) atoms. The van der Waals surface area contributed by atoms with Crippen LogP contribution in [-0.4, -0.2) is 37.7 Å². The first-order valence-electron chi connectivity index (χ1n) is 6.91. The Bertz CT molecular complexity index is 377. The molecule has 0 spiro atoms. The highest BCUT2D eigenvalue weighted by molar-refractivity contribution is 5.85. The average Bonchev–Trinajstić information content (AvgIpc) is 2.87. The monoisotopic (exact) mass is 320 g/mol. The summed E-state index contributed by atoms with van der Waals surface area (Å²) >= 11 is 0. The molecule has 3 nitrogen and oxygen atoms in total. The Kier molecular flexibility index (Phi) is 10.0. The molecule has 0 aliphatic carbocycles. The molecule has 1 saturated heterocycles. The van der Waals surface area contributed by atoms with Gasteiger partial charge in [-0.1, -0.05) is 25.1 Å². The van der Waals surface area contributed by atoms with Gasteiger partial charge >= 0.3 is 0 Å². The van der Waals surface area contributed by atoms with E-state index in [1.165, 1.54) is 31.5 Å². The molecule has 0 radical (unpaired) electrons. The lowest BCUT2D eigenvalue weighted by atomic mass is 10.2. The van der Waals surface area contributed by atoms with Gasteiger partial charge in [-0.05, 0) is 32.0 Å². The van der Waals surface area contributed by atoms with Crippen molar-refractivity contribution in [1.82, 2.24) is 10.2 Å². The zero-order valence-electron chi connectivity index (χ0n) is 12.3. The van der Waals surface area contributed by atoms with Gasteiger partial charge in [0.2, 0.25) is 0 Å². The van der Waals surface area contributed by atoms with Crippen molar-refractivity contribution in [2.24, 2.45) is 0 Å². The molecule has 1 aliphatic rings. The van der Waals surface area contributed by atoms with Crippen LogP contribution >= 0.6 is 24.8 Å². The number of likely N-dealkylation sites (tertiary alicyclic amines) is 1. The van der Waals surface area contributed by atoms with Gasteiger partial charge in [-0.25, -0.2) is 0 Å². The van der Waals surface area contributed by atoms with Gasteiger partial charge in [0.05, 0.1) is 7.11 Å². The summed E-state index contributed by atoms with van der Waals surface area (Å²) in [5.74, 6) is 0.976. The van der Waals surface area contributed by atoms with Crippen LogP contribution in [0.4, 0.5) is 0 Å². The smallest absolute Gasteiger partial charge is 0.123 e. The summed E-state index contributed by atoms with van der Waals surface area (Å²) < 4.78 is 5.36. The topological polar surface area (TPSA) is 24.5 Å². The summed E-state index contributed by atoms with van der Waals surface area (Å²) in [5.41, 5.74) is 1.24. The molecule has 0 amide bonds. The number of likely N-dealkylation sites (N-methyl/N-ethyl adjacent to an activating group) is 1. The average molecular weight is 321 g/mol. The van der Waals surface area contributed by atoms with E-state index in [0.29, 0.717) is 6.04 Å². The fourth-order valence-corrected chi connectivity index (χ4v) is 2.77. The minimum atomic E-state index is 0. The molecular weight excluding hydrogens is 295 g/mol. The highest BCUT2D eigenvalue weighted by Crippen LogP contribution is 2.18. The van der Waals surface area contributed by atoms with Gasteiger partial charge in [-0.15, -0.1) is 24.8 Å². The highest BCUT2D eigenvalue weighted by Gasteiger charge is 2.22. The minimum absolute atomic E-state index is 0. The first-order chi connectivity index (χ1) is 8.85. The van der Waals surface area contributed by atoms with Crippen LogP contribution in [0, 0.1) is 0 Å². The van der Waals surface area contributed by atoms with Crippen molar-refractivity contribution in [2.45, 2.75) is 32.4 Å². The van der Waals surface area contributed by atoms with Gasteiger partial charge < -0.3 is 10.1 Å². The number of para-hydroxylation sites is 1. The van der Waals surface area contributed by atoms with E-state index in [0.717, 1.165) is 18.8 Å². The zero-order chi connectivity index (χ0) is 12.8. The van der Waals surface area contributed by atoms with Crippen molar-refractivity contribution in [1.29, 1.82) is 0 Å². The Balaban J connectivity index is 0.00000180. The number of benzene rings is 1. The second-order valence-corrected chi connectivity index (χ2v) is 4.87. The maximum Gasteiger partial charge on any atom is 0.123 e. The molecule has 1 unspecified atom stereocenters. The number of nitrogens with one attached hydrogen (secondary N) is 1. The van der Waals surface area contributed by atoms with Crippen LogP contribution in [0.15, 0.2) is 24.3 Å². The van der Waals surface area contributed by atoms with Crippen molar-refractivity contribution >= 4 is 24.8 Å². The molecule has 0 bridgehead atoms. The predicted molar refractivity (Wildman–Crippen MR) is 89.5 cm³/mol. The van der Waals surface area contributed by atoms with Crippen LogP contribution in [0.2, 0.25) is 0 Å². The maximum atomic E-state index is 5.36. The summed E-state index contributed by atoms with van der Waals surface area (Å²) in [6, 6.07) is 8.93. The van der Waals surface area contributed by atoms with E-state index in [-0.39, 0.29) is 24.8 Å². The van der Waals surface area contributed by atoms with Gasteiger partial charge in [0.1, 0.15) is 5.75 Å². The van der Waals surface area contributed by atoms with Crippen LogP contribution in [0.3, 0.4) is 0 Å². The molecule has 1 fully saturated rings. The lowest BCUT2D eigenvalue weighted by Crippen LogP contribution is -2.37. The fourth-order valence-electron chi connectivity index (χ4n) is 2.77. The van der Waals surface area contributed by atoms with Crippen molar-refractivity contribution < 1.29 is 4.74 Å². The van der Waals surface area contributed by atoms with Crippen molar-refractivity contribution in [2.75, 3.05) is 26.7 Å². The second kappa shape index (κ2) is 10.3. The second-order valence-electron chi connectivity index (χ2n) is 4.87. The Morgan fingerprint density at radius 1 is 1.30 bits per heavy atom. The minimum Gasteiger partial charge on any atom is -0.496 e. The van der Waals surface area contributed by atoms with Gasteiger partial charge in [-0.3, -0.25) is 4.90 Å². The van der Waals surface area contributed by atoms with E-state index in [1.807, 2.05) is 12.1 Å². The number of ether oxygens (including phenoxy) is 1. The SMILES string of the molecule is CCN1CCCC1CNCc1ccccc1OC.Cl.Cl. The van der Waals surface area contributed by atoms with Gasteiger partial charge in [0.15, 0.2) is 0 Å². The first kappa shape index (κ1) is 19.5. The summed E-state index contributed by atoms with van der Waals surface area (Å²) in [5, 5.41) is 3.56. The Morgan fingerprint density at radius 3 is 2.75 bits per heavy atom. The van der Waals surface area contributed by atoms with Gasteiger partial charge in [0, 0.05) is 24.7 Å². The van der Waals surface area contributed by atoms with E-state index in [2.05, 4.69) is 29.3 Å². The van der Waals surface area contributed by atoms with E-state index >= 15 is 0 Å². The predicted octanol–water partition coefficient (Wildman–Crippen LogP) is 3.11. The molecule has 1 heterocycles. The number of nitrogens with zero attached hydrogens (tertiary/aromatic N) is 1. The summed E-state index contributed by atoms with van der Waals surface area (Å²) in [7, 11) is 1.73. The van der Waals surface area contributed by atoms with Crippen LogP contribution in [0.5, 0.6) is 5.75 Å². The third-order valence-electron chi connectivity index (χ3n) is 3.79. The number of hydrogen-bond donors (Lipinski definition) is 1. The third kappa shape index (κ3) is 5.13. The lowest BCUT2D eigenvalue weighted by Gasteiger charge is -2.23. The van der Waals surface area contributed by atoms with Crippen molar-refractivity contribution in [3.63, 3.8) is 0 Å². The van der Waals surface area contributed by atoms with Crippen LogP contribution < -0.4 is 10.1 Å². The van der Waals surface area contributed by atoms with E-state index in [4.69, 9.17) is 4.74 Å². The first-order valence-corrected chi connectivity index (χ1v) is 6.91. The number of rotatable bonds is 6. The maximum absolute atomic E-state index is 5.36. The van der Waals surface area contributed by atoms with E-state index < -0.39 is 0 Å². The molecule has 1 aliphatic heterocycles. The quantitative estimate of drug-likeness (QED) is 0.871. The highest BCUT2D eigenvalue weighted by atomic mass is 35.5. The molecule has 5 heteroatoms.